The highest BCUT2D eigenvalue weighted by Gasteiger charge is 2.14. The molecule has 21 heavy (non-hydrogen) atoms. The summed E-state index contributed by atoms with van der Waals surface area (Å²) in [6, 6.07) is 7.63. The van der Waals surface area contributed by atoms with Crippen LogP contribution in [0.4, 0.5) is 0 Å². The first-order valence-corrected chi connectivity index (χ1v) is 6.82. The van der Waals surface area contributed by atoms with E-state index in [2.05, 4.69) is 23.7 Å². The zero-order chi connectivity index (χ0) is 15.5. The molecule has 1 rings (SSSR count). The van der Waals surface area contributed by atoms with Crippen LogP contribution in [0.1, 0.15) is 38.2 Å². The molecule has 0 radical (unpaired) electrons. The van der Waals surface area contributed by atoms with Crippen LogP contribution < -0.4 is 4.74 Å². The number of carbonyl (C=O) groups is 1. The summed E-state index contributed by atoms with van der Waals surface area (Å²) < 4.78 is 10.3. The maximum absolute atomic E-state index is 11.4. The summed E-state index contributed by atoms with van der Waals surface area (Å²) in [7, 11) is 1.38. The Morgan fingerprint density at radius 2 is 1.90 bits per heavy atom. The SMILES string of the molecule is CC#CCCOc1ccc(C(C#CC)CC(=O)OC)cc1. The van der Waals surface area contributed by atoms with Gasteiger partial charge in [-0.15, -0.1) is 17.8 Å². The molecule has 0 aliphatic carbocycles. The number of methoxy groups -OCH3 is 1. The predicted molar refractivity (Wildman–Crippen MR) is 82.8 cm³/mol. The first-order chi connectivity index (χ1) is 10.2. The van der Waals surface area contributed by atoms with Crippen molar-refractivity contribution in [1.29, 1.82) is 0 Å². The average molecular weight is 284 g/mol. The molecule has 0 spiro atoms. The molecule has 0 aliphatic heterocycles. The van der Waals surface area contributed by atoms with Gasteiger partial charge in [0.05, 0.1) is 26.1 Å². The molecular formula is C18H20O3. The lowest BCUT2D eigenvalue weighted by Gasteiger charge is -2.11. The lowest BCUT2D eigenvalue weighted by atomic mass is 9.96. The fraction of sp³-hybridized carbons (Fsp3) is 0.389. The highest BCUT2D eigenvalue weighted by molar-refractivity contribution is 5.71. The van der Waals surface area contributed by atoms with Gasteiger partial charge >= 0.3 is 5.97 Å². The highest BCUT2D eigenvalue weighted by Crippen LogP contribution is 2.22. The van der Waals surface area contributed by atoms with Crippen molar-refractivity contribution in [2.75, 3.05) is 13.7 Å². The Hall–Kier alpha value is -2.39. The van der Waals surface area contributed by atoms with Crippen LogP contribution in [0.3, 0.4) is 0 Å². The molecule has 0 saturated carbocycles. The largest absolute Gasteiger partial charge is 0.493 e. The first kappa shape index (κ1) is 16.7. The average Bonchev–Trinajstić information content (AvgIpc) is 2.51. The number of benzene rings is 1. The topological polar surface area (TPSA) is 35.5 Å². The molecule has 0 aliphatic rings. The van der Waals surface area contributed by atoms with Crippen LogP contribution in [0.5, 0.6) is 5.75 Å². The van der Waals surface area contributed by atoms with Crippen molar-refractivity contribution in [3.05, 3.63) is 29.8 Å². The number of ether oxygens (including phenoxy) is 2. The normalized spacial score (nSPS) is 10.4. The fourth-order valence-electron chi connectivity index (χ4n) is 1.82. The van der Waals surface area contributed by atoms with Crippen LogP contribution in [0.25, 0.3) is 0 Å². The molecule has 1 aromatic rings. The van der Waals surface area contributed by atoms with Crippen molar-refractivity contribution in [2.24, 2.45) is 0 Å². The third-order valence-electron chi connectivity index (χ3n) is 2.87. The molecule has 0 amide bonds. The standard InChI is InChI=1S/C18H20O3/c1-4-6-7-13-21-17-11-9-15(10-12-17)16(8-5-2)14-18(19)20-3/h9-12,16H,7,13-14H2,1-3H3. The summed E-state index contributed by atoms with van der Waals surface area (Å²) in [6.07, 6.45) is 0.966. The lowest BCUT2D eigenvalue weighted by Crippen LogP contribution is -2.07. The van der Waals surface area contributed by atoms with Gasteiger partial charge in [0.25, 0.3) is 0 Å². The van der Waals surface area contributed by atoms with E-state index in [-0.39, 0.29) is 18.3 Å². The summed E-state index contributed by atoms with van der Waals surface area (Å²) in [5.74, 6) is 12.0. The van der Waals surface area contributed by atoms with Crippen molar-refractivity contribution in [1.82, 2.24) is 0 Å². The van der Waals surface area contributed by atoms with Gasteiger partial charge in [-0.2, -0.15) is 0 Å². The van der Waals surface area contributed by atoms with Crippen LogP contribution in [-0.2, 0) is 9.53 Å². The quantitative estimate of drug-likeness (QED) is 0.457. The summed E-state index contributed by atoms with van der Waals surface area (Å²) in [5, 5.41) is 0. The van der Waals surface area contributed by atoms with Crippen LogP contribution in [0, 0.1) is 23.7 Å². The molecule has 110 valence electrons. The summed E-state index contributed by atoms with van der Waals surface area (Å²) in [5.41, 5.74) is 0.982. The van der Waals surface area contributed by atoms with Crippen molar-refractivity contribution >= 4 is 5.97 Å². The second kappa shape index (κ2) is 9.50. The Bertz CT molecular complexity index is 564. The van der Waals surface area contributed by atoms with Crippen LogP contribution in [0.15, 0.2) is 24.3 Å². The highest BCUT2D eigenvalue weighted by atomic mass is 16.5. The third-order valence-corrected chi connectivity index (χ3v) is 2.87. The van der Waals surface area contributed by atoms with Crippen molar-refractivity contribution in [3.63, 3.8) is 0 Å². The zero-order valence-corrected chi connectivity index (χ0v) is 12.7. The molecule has 0 aromatic heterocycles. The minimum Gasteiger partial charge on any atom is -0.493 e. The molecule has 0 fully saturated rings. The van der Waals surface area contributed by atoms with Gasteiger partial charge in [0.1, 0.15) is 5.75 Å². The molecule has 0 saturated heterocycles. The molecule has 3 heteroatoms. The number of carbonyl (C=O) groups excluding carboxylic acids is 1. The molecule has 0 N–H and O–H groups in total. The van der Waals surface area contributed by atoms with E-state index in [0.29, 0.717) is 13.0 Å². The van der Waals surface area contributed by atoms with Gasteiger partial charge in [0.2, 0.25) is 0 Å². The number of hydrogen-bond donors (Lipinski definition) is 0. The predicted octanol–water partition coefficient (Wildman–Crippen LogP) is 3.15. The molecule has 3 nitrogen and oxygen atoms in total. The maximum atomic E-state index is 11.4. The smallest absolute Gasteiger partial charge is 0.307 e. The molecule has 1 aromatic carbocycles. The van der Waals surface area contributed by atoms with E-state index in [1.165, 1.54) is 7.11 Å². The Kier molecular flexibility index (Phi) is 7.54. The fourth-order valence-corrected chi connectivity index (χ4v) is 1.82. The van der Waals surface area contributed by atoms with Crippen molar-refractivity contribution in [3.8, 4) is 29.4 Å². The molecule has 1 atom stereocenters. The second-order valence-electron chi connectivity index (χ2n) is 4.32. The first-order valence-electron chi connectivity index (χ1n) is 6.82. The summed E-state index contributed by atoms with van der Waals surface area (Å²) in [4.78, 5) is 11.4. The summed E-state index contributed by atoms with van der Waals surface area (Å²) >= 11 is 0. The number of rotatable bonds is 6. The van der Waals surface area contributed by atoms with E-state index in [0.717, 1.165) is 11.3 Å². The van der Waals surface area contributed by atoms with Crippen molar-refractivity contribution < 1.29 is 14.3 Å². The number of esters is 1. The molecule has 0 bridgehead atoms. The number of hydrogen-bond acceptors (Lipinski definition) is 3. The van der Waals surface area contributed by atoms with Crippen LogP contribution >= 0.6 is 0 Å². The van der Waals surface area contributed by atoms with E-state index < -0.39 is 0 Å². The Labute approximate surface area is 126 Å². The van der Waals surface area contributed by atoms with E-state index >= 15 is 0 Å². The van der Waals surface area contributed by atoms with Crippen molar-refractivity contribution in [2.45, 2.75) is 32.6 Å². The van der Waals surface area contributed by atoms with E-state index in [1.54, 1.807) is 6.92 Å². The molecule has 1 unspecified atom stereocenters. The van der Waals surface area contributed by atoms with E-state index in [9.17, 15) is 4.79 Å². The summed E-state index contributed by atoms with van der Waals surface area (Å²) in [6.45, 7) is 4.14. The van der Waals surface area contributed by atoms with Gasteiger partial charge in [0.15, 0.2) is 0 Å². The van der Waals surface area contributed by atoms with Gasteiger partial charge in [-0.1, -0.05) is 18.1 Å². The third kappa shape index (κ3) is 6.06. The van der Waals surface area contributed by atoms with Gasteiger partial charge in [-0.05, 0) is 31.5 Å². The second-order valence-corrected chi connectivity index (χ2v) is 4.32. The Morgan fingerprint density at radius 3 is 2.48 bits per heavy atom. The van der Waals surface area contributed by atoms with E-state index in [4.69, 9.17) is 9.47 Å². The van der Waals surface area contributed by atoms with Crippen LogP contribution in [0.2, 0.25) is 0 Å². The van der Waals surface area contributed by atoms with Gasteiger partial charge in [0, 0.05) is 6.42 Å². The molecule has 0 heterocycles. The van der Waals surface area contributed by atoms with Gasteiger partial charge in [-0.3, -0.25) is 4.79 Å². The van der Waals surface area contributed by atoms with E-state index in [1.807, 2.05) is 31.2 Å². The zero-order valence-electron chi connectivity index (χ0n) is 12.7. The van der Waals surface area contributed by atoms with Gasteiger partial charge < -0.3 is 9.47 Å². The Balaban J connectivity index is 2.69. The monoisotopic (exact) mass is 284 g/mol. The minimum atomic E-state index is -0.263. The lowest BCUT2D eigenvalue weighted by molar-refractivity contribution is -0.140. The minimum absolute atomic E-state index is 0.151. The maximum Gasteiger partial charge on any atom is 0.307 e. The van der Waals surface area contributed by atoms with Crippen LogP contribution in [-0.4, -0.2) is 19.7 Å². The Morgan fingerprint density at radius 1 is 1.19 bits per heavy atom. The molecular weight excluding hydrogens is 264 g/mol. The van der Waals surface area contributed by atoms with Gasteiger partial charge in [-0.25, -0.2) is 0 Å².